The lowest BCUT2D eigenvalue weighted by molar-refractivity contribution is 0.394. The van der Waals surface area contributed by atoms with Crippen LogP contribution in [0.15, 0.2) is 0 Å². The zero-order chi connectivity index (χ0) is 13.1. The summed E-state index contributed by atoms with van der Waals surface area (Å²) in [4.78, 5) is 0. The van der Waals surface area contributed by atoms with Crippen molar-refractivity contribution in [3.8, 4) is 0 Å². The van der Waals surface area contributed by atoms with Gasteiger partial charge in [0, 0.05) is 11.8 Å². The summed E-state index contributed by atoms with van der Waals surface area (Å²) in [6.45, 7) is 5.66. The maximum atomic E-state index is 3.65. The van der Waals surface area contributed by atoms with Gasteiger partial charge in [-0.15, -0.1) is 0 Å². The number of hydrogen-bond donors (Lipinski definition) is 1. The lowest BCUT2D eigenvalue weighted by Crippen LogP contribution is -2.35. The molecule has 1 nitrogen and oxygen atoms in total. The quantitative estimate of drug-likeness (QED) is 0.539. The van der Waals surface area contributed by atoms with Gasteiger partial charge in [-0.05, 0) is 24.6 Å². The van der Waals surface area contributed by atoms with Crippen LogP contribution < -0.4 is 5.32 Å². The van der Waals surface area contributed by atoms with Crippen LogP contribution in [0.3, 0.4) is 0 Å². The highest BCUT2D eigenvalue weighted by molar-refractivity contribution is 7.99. The van der Waals surface area contributed by atoms with Crippen LogP contribution in [-0.4, -0.2) is 24.1 Å². The summed E-state index contributed by atoms with van der Waals surface area (Å²) in [5.41, 5.74) is 0. The Morgan fingerprint density at radius 3 is 2.22 bits per heavy atom. The van der Waals surface area contributed by atoms with Crippen LogP contribution in [0.25, 0.3) is 0 Å². The normalized spacial score (nSPS) is 23.7. The molecule has 2 unspecified atom stereocenters. The molecule has 1 aliphatic heterocycles. The average molecular weight is 272 g/mol. The van der Waals surface area contributed by atoms with Crippen LogP contribution in [-0.2, 0) is 0 Å². The van der Waals surface area contributed by atoms with Gasteiger partial charge in [0.1, 0.15) is 0 Å². The number of nitrogens with one attached hydrogen (secondary N) is 1. The fourth-order valence-electron chi connectivity index (χ4n) is 2.91. The molecule has 1 fully saturated rings. The highest BCUT2D eigenvalue weighted by atomic mass is 32.2. The van der Waals surface area contributed by atoms with Crippen LogP contribution in [0, 0.1) is 5.92 Å². The van der Waals surface area contributed by atoms with Gasteiger partial charge >= 0.3 is 0 Å². The van der Waals surface area contributed by atoms with Crippen molar-refractivity contribution in [2.45, 2.75) is 77.7 Å². The second-order valence-corrected chi connectivity index (χ2v) is 6.80. The van der Waals surface area contributed by atoms with Crippen molar-refractivity contribution in [2.24, 2.45) is 5.92 Å². The maximum absolute atomic E-state index is 3.65. The van der Waals surface area contributed by atoms with Gasteiger partial charge < -0.3 is 5.32 Å². The Bertz CT molecular complexity index is 184. The lowest BCUT2D eigenvalue weighted by Gasteiger charge is -2.19. The molecule has 0 aromatic carbocycles. The minimum atomic E-state index is 0.810. The van der Waals surface area contributed by atoms with Gasteiger partial charge in [0.15, 0.2) is 0 Å². The first kappa shape index (κ1) is 16.4. The van der Waals surface area contributed by atoms with Gasteiger partial charge in [0.2, 0.25) is 0 Å². The highest BCUT2D eigenvalue weighted by Crippen LogP contribution is 2.28. The molecule has 2 atom stereocenters. The van der Waals surface area contributed by atoms with Crippen molar-refractivity contribution in [3.05, 3.63) is 0 Å². The van der Waals surface area contributed by atoms with Crippen molar-refractivity contribution in [1.82, 2.24) is 5.32 Å². The van der Waals surface area contributed by atoms with Crippen molar-refractivity contribution in [2.75, 3.05) is 18.1 Å². The van der Waals surface area contributed by atoms with Gasteiger partial charge in [0.25, 0.3) is 0 Å². The molecule has 0 saturated carbocycles. The summed E-state index contributed by atoms with van der Waals surface area (Å²) in [7, 11) is 0. The first-order valence-electron chi connectivity index (χ1n) is 8.19. The third-order valence-corrected chi connectivity index (χ3v) is 5.35. The third-order valence-electron chi connectivity index (χ3n) is 4.09. The fourth-order valence-corrected chi connectivity index (χ4v) is 4.39. The zero-order valence-corrected chi connectivity index (χ0v) is 13.4. The van der Waals surface area contributed by atoms with Gasteiger partial charge in [-0.25, -0.2) is 0 Å². The molecule has 0 aromatic rings. The Labute approximate surface area is 119 Å². The van der Waals surface area contributed by atoms with Gasteiger partial charge in [0.05, 0.1) is 0 Å². The molecule has 1 heterocycles. The second kappa shape index (κ2) is 11.2. The Hall–Kier alpha value is 0.310. The molecular formula is C16H33NS. The Kier molecular flexibility index (Phi) is 10.1. The van der Waals surface area contributed by atoms with E-state index in [2.05, 4.69) is 30.9 Å². The summed E-state index contributed by atoms with van der Waals surface area (Å²) in [6.07, 6.45) is 13.0. The van der Waals surface area contributed by atoms with E-state index >= 15 is 0 Å². The van der Waals surface area contributed by atoms with E-state index in [1.165, 1.54) is 69.3 Å². The summed E-state index contributed by atoms with van der Waals surface area (Å²) in [6, 6.07) is 0.810. The fraction of sp³-hybridized carbons (Fsp3) is 1.00. The molecular weight excluding hydrogens is 238 g/mol. The van der Waals surface area contributed by atoms with Gasteiger partial charge in [-0.2, -0.15) is 11.8 Å². The summed E-state index contributed by atoms with van der Waals surface area (Å²) in [5, 5.41) is 3.65. The molecule has 0 aliphatic carbocycles. The monoisotopic (exact) mass is 271 g/mol. The molecule has 2 heteroatoms. The molecule has 0 spiro atoms. The molecule has 0 amide bonds. The zero-order valence-electron chi connectivity index (χ0n) is 12.5. The van der Waals surface area contributed by atoms with Crippen molar-refractivity contribution < 1.29 is 0 Å². The van der Waals surface area contributed by atoms with Crippen molar-refractivity contribution >= 4 is 11.8 Å². The molecule has 18 heavy (non-hydrogen) atoms. The number of unbranched alkanes of at least 4 members (excludes halogenated alkanes) is 7. The van der Waals surface area contributed by atoms with E-state index in [0.717, 1.165) is 18.5 Å². The Morgan fingerprint density at radius 1 is 0.889 bits per heavy atom. The maximum Gasteiger partial charge on any atom is 0.0194 e. The molecule has 0 aromatic heterocycles. The topological polar surface area (TPSA) is 12.0 Å². The first-order chi connectivity index (χ1) is 8.88. The lowest BCUT2D eigenvalue weighted by atomic mass is 9.96. The van der Waals surface area contributed by atoms with E-state index in [4.69, 9.17) is 0 Å². The van der Waals surface area contributed by atoms with Gasteiger partial charge in [-0.3, -0.25) is 0 Å². The van der Waals surface area contributed by atoms with E-state index in [1.807, 2.05) is 0 Å². The second-order valence-electron chi connectivity index (χ2n) is 5.73. The molecule has 1 aliphatic rings. The number of thioether (sulfide) groups is 1. The predicted octanol–water partition coefficient (Wildman–Crippen LogP) is 4.86. The van der Waals surface area contributed by atoms with Crippen LogP contribution in [0.4, 0.5) is 0 Å². The van der Waals surface area contributed by atoms with Crippen LogP contribution in [0.5, 0.6) is 0 Å². The highest BCUT2D eigenvalue weighted by Gasteiger charge is 2.25. The van der Waals surface area contributed by atoms with Crippen molar-refractivity contribution in [1.29, 1.82) is 0 Å². The minimum absolute atomic E-state index is 0.810. The molecule has 0 bridgehead atoms. The van der Waals surface area contributed by atoms with Crippen molar-refractivity contribution in [3.63, 3.8) is 0 Å². The smallest absolute Gasteiger partial charge is 0.0194 e. The number of hydrogen-bond acceptors (Lipinski definition) is 2. The minimum Gasteiger partial charge on any atom is -0.313 e. The molecule has 1 N–H and O–H groups in total. The standard InChI is InChI=1S/C16H33NS/c1-3-5-6-7-8-9-10-11-12-15-13-18-14-16(15)17-4-2/h15-17H,3-14H2,1-2H3. The SMILES string of the molecule is CCCCCCCCCCC1CSCC1NCC. The third kappa shape index (κ3) is 7.04. The Balaban J connectivity index is 1.91. The van der Waals surface area contributed by atoms with Crippen LogP contribution in [0.1, 0.15) is 71.6 Å². The molecule has 1 saturated heterocycles. The molecule has 108 valence electrons. The van der Waals surface area contributed by atoms with E-state index in [1.54, 1.807) is 0 Å². The van der Waals surface area contributed by atoms with E-state index in [9.17, 15) is 0 Å². The molecule has 1 rings (SSSR count). The van der Waals surface area contributed by atoms with E-state index in [0.29, 0.717) is 0 Å². The first-order valence-corrected chi connectivity index (χ1v) is 9.35. The summed E-state index contributed by atoms with van der Waals surface area (Å²) < 4.78 is 0. The van der Waals surface area contributed by atoms with Crippen LogP contribution in [0.2, 0.25) is 0 Å². The number of rotatable bonds is 11. The summed E-state index contributed by atoms with van der Waals surface area (Å²) in [5.74, 6) is 3.69. The molecule has 0 radical (unpaired) electrons. The largest absolute Gasteiger partial charge is 0.313 e. The Morgan fingerprint density at radius 2 is 1.56 bits per heavy atom. The predicted molar refractivity (Wildman–Crippen MR) is 85.5 cm³/mol. The van der Waals surface area contributed by atoms with Gasteiger partial charge in [-0.1, -0.05) is 65.2 Å². The van der Waals surface area contributed by atoms with E-state index < -0.39 is 0 Å². The average Bonchev–Trinajstić information content (AvgIpc) is 2.81. The van der Waals surface area contributed by atoms with Crippen LogP contribution >= 0.6 is 11.8 Å². The van der Waals surface area contributed by atoms with E-state index in [-0.39, 0.29) is 0 Å². The summed E-state index contributed by atoms with van der Waals surface area (Å²) >= 11 is 2.15.